The molecular formula is C7BrF6O. The third kappa shape index (κ3) is 2.77. The molecule has 0 heterocycles. The van der Waals surface area contributed by atoms with Crippen LogP contribution in [0.2, 0.25) is 0 Å². The van der Waals surface area contributed by atoms with Crippen molar-refractivity contribution in [2.45, 2.75) is 5.02 Å². The normalized spacial score (nSPS) is 11.7. The predicted molar refractivity (Wildman–Crippen MR) is 39.6 cm³/mol. The average Bonchev–Trinajstić information content (AvgIpc) is 2.08. The summed E-state index contributed by atoms with van der Waals surface area (Å²) in [5, 5.41) is -4.14. The van der Waals surface area contributed by atoms with Crippen LogP contribution >= 0.6 is 15.9 Å². The lowest BCUT2D eigenvalue weighted by Crippen LogP contribution is -2.18. The lowest BCUT2D eigenvalue weighted by atomic mass is 10.3. The summed E-state index contributed by atoms with van der Waals surface area (Å²) >= 11 is 1.59. The van der Waals surface area contributed by atoms with Crippen LogP contribution in [0.5, 0.6) is 5.75 Å². The first-order valence-corrected chi connectivity index (χ1v) is 4.02. The Morgan fingerprint density at radius 2 is 1.40 bits per heavy atom. The maximum Gasteiger partial charge on any atom is 0.459 e. The van der Waals surface area contributed by atoms with Gasteiger partial charge in [0.1, 0.15) is 0 Å². The molecule has 0 aliphatic rings. The molecule has 0 amide bonds. The summed E-state index contributed by atoms with van der Waals surface area (Å²) in [6.07, 6.45) is 0. The molecule has 15 heavy (non-hydrogen) atoms. The van der Waals surface area contributed by atoms with Gasteiger partial charge in [0, 0.05) is 15.9 Å². The summed E-state index contributed by atoms with van der Waals surface area (Å²) in [6.45, 7) is 0. The van der Waals surface area contributed by atoms with Crippen molar-refractivity contribution in [3.63, 3.8) is 0 Å². The van der Waals surface area contributed by atoms with E-state index in [9.17, 15) is 26.3 Å². The maximum atomic E-state index is 12.7. The van der Waals surface area contributed by atoms with Gasteiger partial charge in [0.05, 0.1) is 6.07 Å². The Morgan fingerprint density at radius 3 is 1.73 bits per heavy atom. The van der Waals surface area contributed by atoms with Crippen LogP contribution in [-0.2, 0) is 0 Å². The summed E-state index contributed by atoms with van der Waals surface area (Å²) in [6, 6.07) is 1.01. The van der Waals surface area contributed by atoms with Crippen LogP contribution in [-0.4, -0.2) is 5.02 Å². The van der Waals surface area contributed by atoms with Gasteiger partial charge in [-0.3, -0.25) is 0 Å². The van der Waals surface area contributed by atoms with Gasteiger partial charge in [-0.1, -0.05) is 0 Å². The van der Waals surface area contributed by atoms with E-state index in [1.807, 2.05) is 0 Å². The lowest BCUT2D eigenvalue weighted by Gasteiger charge is -2.12. The zero-order valence-electron chi connectivity index (χ0n) is 6.55. The third-order valence-electron chi connectivity index (χ3n) is 1.22. The molecule has 1 radical (unpaired) electrons. The van der Waals surface area contributed by atoms with E-state index < -0.39 is 34.0 Å². The average molecular weight is 294 g/mol. The number of ether oxygens (including phenoxy) is 1. The Kier molecular flexibility index (Phi) is 3.17. The van der Waals surface area contributed by atoms with Gasteiger partial charge in [-0.05, 0) is 0 Å². The molecule has 1 aromatic rings. The summed E-state index contributed by atoms with van der Waals surface area (Å²) in [7, 11) is 0. The monoisotopic (exact) mass is 293 g/mol. The summed E-state index contributed by atoms with van der Waals surface area (Å²) < 4.78 is 77.8. The van der Waals surface area contributed by atoms with Crippen molar-refractivity contribution >= 4 is 15.9 Å². The van der Waals surface area contributed by atoms with E-state index in [4.69, 9.17) is 0 Å². The zero-order chi connectivity index (χ0) is 11.8. The van der Waals surface area contributed by atoms with E-state index in [1.165, 1.54) is 0 Å². The van der Waals surface area contributed by atoms with Gasteiger partial charge in [-0.15, -0.1) is 0 Å². The molecule has 83 valence electrons. The second-order valence-electron chi connectivity index (χ2n) is 2.26. The molecule has 0 unspecified atom stereocenters. The molecule has 0 aliphatic heterocycles. The zero-order valence-corrected chi connectivity index (χ0v) is 8.14. The molecule has 8 heteroatoms. The number of halogens is 7. The summed E-state index contributed by atoms with van der Waals surface area (Å²) in [5.41, 5.74) is 0. The Bertz CT molecular complexity index is 362. The molecule has 0 atom stereocenters. The first kappa shape index (κ1) is 12.2. The molecule has 0 saturated carbocycles. The van der Waals surface area contributed by atoms with Crippen LogP contribution in [0.1, 0.15) is 0 Å². The van der Waals surface area contributed by atoms with E-state index in [2.05, 4.69) is 4.74 Å². The van der Waals surface area contributed by atoms with Crippen molar-refractivity contribution in [3.8, 4) is 5.75 Å². The van der Waals surface area contributed by atoms with Gasteiger partial charge < -0.3 is 4.74 Å². The molecule has 0 saturated heterocycles. The van der Waals surface area contributed by atoms with Crippen LogP contribution < -0.4 is 4.74 Å². The van der Waals surface area contributed by atoms with Crippen molar-refractivity contribution in [3.05, 3.63) is 29.3 Å². The van der Waals surface area contributed by atoms with Crippen LogP contribution in [0.15, 0.2) is 0 Å². The molecule has 1 aromatic carbocycles. The van der Waals surface area contributed by atoms with Crippen molar-refractivity contribution in [2.24, 2.45) is 0 Å². The third-order valence-corrected chi connectivity index (χ3v) is 1.38. The molecule has 0 aliphatic carbocycles. The molecule has 0 bridgehead atoms. The Hall–Kier alpha value is -0.920. The van der Waals surface area contributed by atoms with Gasteiger partial charge in [0.25, 0.3) is 0 Å². The fraction of sp³-hybridized carbons (Fsp3) is 0.143. The predicted octanol–water partition coefficient (Wildman–Crippen LogP) is 3.37. The lowest BCUT2D eigenvalue weighted by molar-refractivity contribution is -0.0852. The van der Waals surface area contributed by atoms with E-state index in [-0.39, 0.29) is 0 Å². The van der Waals surface area contributed by atoms with Crippen LogP contribution in [0.3, 0.4) is 0 Å². The van der Waals surface area contributed by atoms with E-state index >= 15 is 0 Å². The van der Waals surface area contributed by atoms with Gasteiger partial charge in [-0.2, -0.15) is 17.6 Å². The number of rotatable bonds is 2. The fourth-order valence-electron chi connectivity index (χ4n) is 0.707. The van der Waals surface area contributed by atoms with Crippen molar-refractivity contribution in [1.29, 1.82) is 0 Å². The van der Waals surface area contributed by atoms with Crippen molar-refractivity contribution in [2.75, 3.05) is 0 Å². The smallest absolute Gasteiger partial charge is 0.417 e. The molecule has 1 rings (SSSR count). The SMILES string of the molecule is Fc1[c]c(F)c(F)c(OC(F)(F)Br)c1F. The van der Waals surface area contributed by atoms with Gasteiger partial charge in [-0.25, -0.2) is 8.78 Å². The molecule has 0 N–H and O–H groups in total. The Labute approximate surface area is 87.8 Å². The summed E-state index contributed by atoms with van der Waals surface area (Å²) in [5.74, 6) is -9.95. The molecule has 0 fully saturated rings. The van der Waals surface area contributed by atoms with Crippen molar-refractivity contribution in [1.82, 2.24) is 0 Å². The summed E-state index contributed by atoms with van der Waals surface area (Å²) in [4.78, 5) is 0. The topological polar surface area (TPSA) is 9.23 Å². The number of benzene rings is 1. The second-order valence-corrected chi connectivity index (χ2v) is 3.18. The number of hydrogen-bond donors (Lipinski definition) is 0. The Balaban J connectivity index is 3.27. The van der Waals surface area contributed by atoms with E-state index in [0.717, 1.165) is 6.07 Å². The minimum Gasteiger partial charge on any atom is -0.417 e. The highest BCUT2D eigenvalue weighted by molar-refractivity contribution is 9.09. The van der Waals surface area contributed by atoms with Gasteiger partial charge in [0.2, 0.25) is 17.4 Å². The van der Waals surface area contributed by atoms with Crippen molar-refractivity contribution < 1.29 is 31.1 Å². The highest BCUT2D eigenvalue weighted by Crippen LogP contribution is 2.32. The first-order valence-electron chi connectivity index (χ1n) is 3.23. The fourth-order valence-corrected chi connectivity index (χ4v) is 0.869. The highest BCUT2D eigenvalue weighted by atomic mass is 79.9. The Morgan fingerprint density at radius 1 is 1.00 bits per heavy atom. The standard InChI is InChI=1S/C7BrF6O/c8-7(13,14)15-6-4(11)2(9)1-3(10)5(6)12. The molecular weight excluding hydrogens is 294 g/mol. The van der Waals surface area contributed by atoms with Crippen LogP contribution in [0, 0.1) is 29.3 Å². The first-order chi connectivity index (χ1) is 6.72. The molecule has 0 spiro atoms. The van der Waals surface area contributed by atoms with Crippen LogP contribution in [0.25, 0.3) is 0 Å². The highest BCUT2D eigenvalue weighted by Gasteiger charge is 2.32. The number of alkyl halides is 3. The van der Waals surface area contributed by atoms with Crippen LogP contribution in [0.4, 0.5) is 26.3 Å². The quantitative estimate of drug-likeness (QED) is 0.461. The van der Waals surface area contributed by atoms with E-state index in [0.29, 0.717) is 0 Å². The van der Waals surface area contributed by atoms with Gasteiger partial charge >= 0.3 is 5.02 Å². The largest absolute Gasteiger partial charge is 0.459 e. The van der Waals surface area contributed by atoms with E-state index in [1.54, 1.807) is 15.9 Å². The molecule has 0 aromatic heterocycles. The van der Waals surface area contributed by atoms with Gasteiger partial charge in [0.15, 0.2) is 11.6 Å². The molecule has 1 nitrogen and oxygen atoms in total. The maximum absolute atomic E-state index is 12.7. The number of hydrogen-bond acceptors (Lipinski definition) is 1. The minimum absolute atomic E-state index is 1.01. The second kappa shape index (κ2) is 3.92. The minimum atomic E-state index is -4.14.